The van der Waals surface area contributed by atoms with E-state index in [0.29, 0.717) is 22.9 Å². The van der Waals surface area contributed by atoms with E-state index in [0.717, 1.165) is 12.2 Å². The third-order valence-electron chi connectivity index (χ3n) is 4.40. The number of benzene rings is 1. The van der Waals surface area contributed by atoms with Crippen molar-refractivity contribution in [2.24, 2.45) is 16.1 Å². The molecular formula is C16H25N3O2. The van der Waals surface area contributed by atoms with Crippen molar-refractivity contribution < 1.29 is 9.47 Å². The Morgan fingerprint density at radius 3 is 2.52 bits per heavy atom. The van der Waals surface area contributed by atoms with E-state index in [4.69, 9.17) is 15.2 Å². The predicted molar refractivity (Wildman–Crippen MR) is 86.2 cm³/mol. The first-order valence-corrected chi connectivity index (χ1v) is 7.41. The van der Waals surface area contributed by atoms with E-state index in [9.17, 15) is 0 Å². The minimum absolute atomic E-state index is 0.379. The van der Waals surface area contributed by atoms with Gasteiger partial charge in [0.2, 0.25) is 0 Å². The van der Waals surface area contributed by atoms with Gasteiger partial charge in [0.05, 0.1) is 14.2 Å². The van der Waals surface area contributed by atoms with Crippen LogP contribution in [0.4, 0.5) is 5.69 Å². The SMILES string of the molecule is CCC1(CN=C(N)Nc2ccc(OC)c(OC)c2)CCC1. The molecule has 5 nitrogen and oxygen atoms in total. The van der Waals surface area contributed by atoms with Gasteiger partial charge >= 0.3 is 0 Å². The highest BCUT2D eigenvalue weighted by atomic mass is 16.5. The molecule has 0 atom stereocenters. The van der Waals surface area contributed by atoms with Crippen molar-refractivity contribution >= 4 is 11.6 Å². The molecule has 0 saturated heterocycles. The third-order valence-corrected chi connectivity index (χ3v) is 4.40. The van der Waals surface area contributed by atoms with E-state index in [1.54, 1.807) is 14.2 Å². The number of anilines is 1. The lowest BCUT2D eigenvalue weighted by molar-refractivity contribution is 0.139. The number of nitrogens with zero attached hydrogens (tertiary/aromatic N) is 1. The predicted octanol–water partition coefficient (Wildman–Crippen LogP) is 3.01. The molecule has 1 aromatic carbocycles. The maximum Gasteiger partial charge on any atom is 0.193 e. The number of methoxy groups -OCH3 is 2. The Bertz CT molecular complexity index is 505. The van der Waals surface area contributed by atoms with E-state index in [-0.39, 0.29) is 0 Å². The van der Waals surface area contributed by atoms with Gasteiger partial charge in [0.25, 0.3) is 0 Å². The Balaban J connectivity index is 2.00. The van der Waals surface area contributed by atoms with E-state index in [1.807, 2.05) is 18.2 Å². The van der Waals surface area contributed by atoms with Gasteiger partial charge in [0, 0.05) is 18.3 Å². The quantitative estimate of drug-likeness (QED) is 0.624. The first-order valence-electron chi connectivity index (χ1n) is 7.41. The summed E-state index contributed by atoms with van der Waals surface area (Å²) in [5, 5.41) is 3.10. The van der Waals surface area contributed by atoms with Crippen LogP contribution in [0.25, 0.3) is 0 Å². The van der Waals surface area contributed by atoms with Crippen LogP contribution in [0.5, 0.6) is 11.5 Å². The molecule has 0 radical (unpaired) electrons. The second kappa shape index (κ2) is 6.70. The molecule has 0 aliphatic heterocycles. The molecule has 1 aromatic rings. The Labute approximate surface area is 126 Å². The van der Waals surface area contributed by atoms with E-state index in [1.165, 1.54) is 25.7 Å². The van der Waals surface area contributed by atoms with Crippen LogP contribution in [0.15, 0.2) is 23.2 Å². The number of hydrogen-bond donors (Lipinski definition) is 2. The largest absolute Gasteiger partial charge is 0.493 e. The molecule has 5 heteroatoms. The van der Waals surface area contributed by atoms with Gasteiger partial charge in [-0.3, -0.25) is 4.99 Å². The molecule has 1 fully saturated rings. The van der Waals surface area contributed by atoms with Gasteiger partial charge in [0.15, 0.2) is 17.5 Å². The highest BCUT2D eigenvalue weighted by Gasteiger charge is 2.34. The normalized spacial score (nSPS) is 17.0. The van der Waals surface area contributed by atoms with E-state index >= 15 is 0 Å². The lowest BCUT2D eigenvalue weighted by atomic mass is 9.67. The minimum atomic E-state index is 0.379. The molecule has 0 aromatic heterocycles. The van der Waals surface area contributed by atoms with Crippen molar-refractivity contribution in [2.75, 3.05) is 26.1 Å². The van der Waals surface area contributed by atoms with Crippen LogP contribution in [-0.4, -0.2) is 26.7 Å². The Kier molecular flexibility index (Phi) is 4.94. The van der Waals surface area contributed by atoms with Crippen LogP contribution in [0, 0.1) is 5.41 Å². The second-order valence-electron chi connectivity index (χ2n) is 5.60. The Hall–Kier alpha value is -1.91. The molecule has 0 unspecified atom stereocenters. The van der Waals surface area contributed by atoms with Crippen molar-refractivity contribution in [2.45, 2.75) is 32.6 Å². The summed E-state index contributed by atoms with van der Waals surface area (Å²) >= 11 is 0. The number of hydrogen-bond acceptors (Lipinski definition) is 3. The van der Waals surface area contributed by atoms with Gasteiger partial charge in [-0.1, -0.05) is 13.3 Å². The number of nitrogens with two attached hydrogens (primary N) is 1. The van der Waals surface area contributed by atoms with Gasteiger partial charge in [-0.15, -0.1) is 0 Å². The maximum absolute atomic E-state index is 5.98. The molecule has 3 N–H and O–H groups in total. The zero-order chi connectivity index (χ0) is 15.3. The Morgan fingerprint density at radius 2 is 2.00 bits per heavy atom. The summed E-state index contributed by atoms with van der Waals surface area (Å²) in [6, 6.07) is 5.58. The van der Waals surface area contributed by atoms with Gasteiger partial charge in [-0.05, 0) is 36.8 Å². The Morgan fingerprint density at radius 1 is 1.29 bits per heavy atom. The smallest absolute Gasteiger partial charge is 0.193 e. The minimum Gasteiger partial charge on any atom is -0.493 e. The molecule has 0 spiro atoms. The number of guanidine groups is 1. The molecule has 1 aliphatic rings. The highest BCUT2D eigenvalue weighted by molar-refractivity contribution is 5.92. The zero-order valence-electron chi connectivity index (χ0n) is 13.1. The molecule has 21 heavy (non-hydrogen) atoms. The zero-order valence-corrected chi connectivity index (χ0v) is 13.1. The lowest BCUT2D eigenvalue weighted by Crippen LogP contribution is -2.33. The standard InChI is InChI=1S/C16H25N3O2/c1-4-16(8-5-9-16)11-18-15(17)19-12-6-7-13(20-2)14(10-12)21-3/h6-7,10H,4-5,8-9,11H2,1-3H3,(H3,17,18,19). The van der Waals surface area contributed by atoms with Gasteiger partial charge < -0.3 is 20.5 Å². The summed E-state index contributed by atoms with van der Waals surface area (Å²) in [5.74, 6) is 1.80. The molecule has 2 rings (SSSR count). The van der Waals surface area contributed by atoms with Crippen molar-refractivity contribution in [3.05, 3.63) is 18.2 Å². The van der Waals surface area contributed by atoms with Gasteiger partial charge in [-0.2, -0.15) is 0 Å². The van der Waals surface area contributed by atoms with Crippen molar-refractivity contribution in [3.63, 3.8) is 0 Å². The second-order valence-corrected chi connectivity index (χ2v) is 5.60. The van der Waals surface area contributed by atoms with Crippen LogP contribution in [0.2, 0.25) is 0 Å². The molecule has 1 aliphatic carbocycles. The van der Waals surface area contributed by atoms with Gasteiger partial charge in [-0.25, -0.2) is 0 Å². The topological polar surface area (TPSA) is 68.9 Å². The van der Waals surface area contributed by atoms with Crippen molar-refractivity contribution in [1.29, 1.82) is 0 Å². The third kappa shape index (κ3) is 3.60. The monoisotopic (exact) mass is 291 g/mol. The van der Waals surface area contributed by atoms with Crippen LogP contribution in [0.1, 0.15) is 32.6 Å². The average molecular weight is 291 g/mol. The van der Waals surface area contributed by atoms with Crippen LogP contribution in [-0.2, 0) is 0 Å². The summed E-state index contributed by atoms with van der Waals surface area (Å²) in [5.41, 5.74) is 7.19. The van der Waals surface area contributed by atoms with Crippen LogP contribution in [0.3, 0.4) is 0 Å². The first-order chi connectivity index (χ1) is 10.1. The fraction of sp³-hybridized carbons (Fsp3) is 0.562. The van der Waals surface area contributed by atoms with Crippen molar-refractivity contribution in [3.8, 4) is 11.5 Å². The van der Waals surface area contributed by atoms with E-state index in [2.05, 4.69) is 17.2 Å². The average Bonchev–Trinajstić information content (AvgIpc) is 2.46. The van der Waals surface area contributed by atoms with Crippen molar-refractivity contribution in [1.82, 2.24) is 0 Å². The first kappa shape index (κ1) is 15.5. The van der Waals surface area contributed by atoms with Gasteiger partial charge in [0.1, 0.15) is 0 Å². The lowest BCUT2D eigenvalue weighted by Gasteiger charge is -2.40. The molecule has 116 valence electrons. The fourth-order valence-electron chi connectivity index (χ4n) is 2.65. The summed E-state index contributed by atoms with van der Waals surface area (Å²) in [6.07, 6.45) is 5.00. The number of rotatable bonds is 6. The molecule has 1 saturated carbocycles. The summed E-state index contributed by atoms with van der Waals surface area (Å²) in [6.45, 7) is 3.03. The summed E-state index contributed by atoms with van der Waals surface area (Å²) < 4.78 is 10.5. The maximum atomic E-state index is 5.98. The summed E-state index contributed by atoms with van der Waals surface area (Å²) in [7, 11) is 3.23. The fourth-order valence-corrected chi connectivity index (χ4v) is 2.65. The number of nitrogens with one attached hydrogen (secondary N) is 1. The molecule has 0 bridgehead atoms. The number of aliphatic imine (C=N–C) groups is 1. The molecule has 0 heterocycles. The molecule has 0 amide bonds. The highest BCUT2D eigenvalue weighted by Crippen LogP contribution is 2.43. The van der Waals surface area contributed by atoms with E-state index < -0.39 is 0 Å². The molecular weight excluding hydrogens is 266 g/mol. The summed E-state index contributed by atoms with van der Waals surface area (Å²) in [4.78, 5) is 4.49. The van der Waals surface area contributed by atoms with Crippen LogP contribution < -0.4 is 20.5 Å². The number of ether oxygens (including phenoxy) is 2. The van der Waals surface area contributed by atoms with Crippen LogP contribution >= 0.6 is 0 Å².